The predicted molar refractivity (Wildman–Crippen MR) is 129 cm³/mol. The summed E-state index contributed by atoms with van der Waals surface area (Å²) in [7, 11) is 0. The van der Waals surface area contributed by atoms with Gasteiger partial charge in [-0.3, -0.25) is 4.57 Å². The van der Waals surface area contributed by atoms with E-state index < -0.39 is 0 Å². The van der Waals surface area contributed by atoms with Crippen LogP contribution in [0.3, 0.4) is 0 Å². The fraction of sp³-hybridized carbons (Fsp3) is 0.385. The molecule has 6 heteroatoms. The third-order valence-corrected chi connectivity index (χ3v) is 6.65. The quantitative estimate of drug-likeness (QED) is 0.484. The molecule has 0 spiro atoms. The average molecular weight is 428 g/mol. The van der Waals surface area contributed by atoms with Crippen molar-refractivity contribution in [3.63, 3.8) is 0 Å². The molecular formula is C26H29N5O. The number of hydrogen-bond acceptors (Lipinski definition) is 5. The van der Waals surface area contributed by atoms with E-state index in [0.717, 1.165) is 47.2 Å². The van der Waals surface area contributed by atoms with Gasteiger partial charge in [0.15, 0.2) is 0 Å². The molecule has 6 nitrogen and oxygen atoms in total. The van der Waals surface area contributed by atoms with Gasteiger partial charge >= 0.3 is 0 Å². The number of aromatic nitrogens is 3. The van der Waals surface area contributed by atoms with Crippen molar-refractivity contribution in [2.45, 2.75) is 44.7 Å². The monoisotopic (exact) mass is 427 g/mol. The van der Waals surface area contributed by atoms with E-state index in [1.807, 2.05) is 25.4 Å². The van der Waals surface area contributed by atoms with Crippen molar-refractivity contribution in [1.82, 2.24) is 19.9 Å². The zero-order valence-corrected chi connectivity index (χ0v) is 18.5. The topological polar surface area (TPSA) is 55.2 Å². The maximum absolute atomic E-state index is 5.63. The molecule has 2 fully saturated rings. The van der Waals surface area contributed by atoms with Gasteiger partial charge in [0.05, 0.1) is 28.8 Å². The molecule has 3 heterocycles. The summed E-state index contributed by atoms with van der Waals surface area (Å²) in [6, 6.07) is 18.2. The van der Waals surface area contributed by atoms with Crippen molar-refractivity contribution < 1.29 is 4.74 Å². The molecule has 4 aromatic rings. The molecule has 1 N–H and O–H groups in total. The van der Waals surface area contributed by atoms with Gasteiger partial charge in [-0.05, 0) is 62.9 Å². The van der Waals surface area contributed by atoms with E-state index in [2.05, 4.69) is 56.2 Å². The van der Waals surface area contributed by atoms with E-state index in [-0.39, 0.29) is 0 Å². The molecule has 1 aliphatic heterocycles. The number of piperidine rings is 1. The van der Waals surface area contributed by atoms with Crippen molar-refractivity contribution in [1.29, 1.82) is 0 Å². The van der Waals surface area contributed by atoms with Gasteiger partial charge < -0.3 is 15.0 Å². The molecule has 1 saturated carbocycles. The van der Waals surface area contributed by atoms with Crippen LogP contribution >= 0.6 is 0 Å². The van der Waals surface area contributed by atoms with E-state index in [9.17, 15) is 0 Å². The fourth-order valence-electron chi connectivity index (χ4n) is 4.81. The second-order valence-corrected chi connectivity index (χ2v) is 8.92. The number of benzene rings is 2. The van der Waals surface area contributed by atoms with E-state index in [4.69, 9.17) is 9.72 Å². The van der Waals surface area contributed by atoms with Crippen molar-refractivity contribution in [2.24, 2.45) is 0 Å². The van der Waals surface area contributed by atoms with Crippen LogP contribution in [0.25, 0.3) is 27.8 Å². The molecular weight excluding hydrogens is 398 g/mol. The highest BCUT2D eigenvalue weighted by atomic mass is 16.5. The normalized spacial score (nSPS) is 17.3. The number of rotatable bonds is 6. The first kappa shape index (κ1) is 19.6. The molecule has 0 unspecified atom stereocenters. The lowest BCUT2D eigenvalue weighted by Crippen LogP contribution is -2.43. The van der Waals surface area contributed by atoms with Crippen molar-refractivity contribution >= 4 is 27.6 Å². The first-order chi connectivity index (χ1) is 15.8. The minimum atomic E-state index is 0.648. The zero-order valence-electron chi connectivity index (χ0n) is 18.5. The van der Waals surface area contributed by atoms with Crippen LogP contribution in [-0.4, -0.2) is 46.3 Å². The van der Waals surface area contributed by atoms with Crippen LogP contribution in [0.2, 0.25) is 0 Å². The van der Waals surface area contributed by atoms with Gasteiger partial charge in [0.2, 0.25) is 0 Å². The number of ether oxygens (including phenoxy) is 1. The highest BCUT2D eigenvalue weighted by molar-refractivity contribution is 5.92. The molecule has 1 saturated heterocycles. The number of imidazole rings is 1. The lowest BCUT2D eigenvalue weighted by molar-refractivity contribution is 0.340. The van der Waals surface area contributed by atoms with Crippen LogP contribution in [0.1, 0.15) is 32.6 Å². The second-order valence-electron chi connectivity index (χ2n) is 8.92. The molecule has 6 rings (SSSR count). The molecule has 0 radical (unpaired) electrons. The summed E-state index contributed by atoms with van der Waals surface area (Å²) in [5.41, 5.74) is 4.24. The summed E-state index contributed by atoms with van der Waals surface area (Å²) < 4.78 is 7.69. The lowest BCUT2D eigenvalue weighted by atomic mass is 10.0. The maximum atomic E-state index is 5.63. The minimum Gasteiger partial charge on any atom is -0.494 e. The van der Waals surface area contributed by atoms with Gasteiger partial charge in [-0.15, -0.1) is 0 Å². The Morgan fingerprint density at radius 2 is 1.84 bits per heavy atom. The number of pyridine rings is 1. The molecule has 32 heavy (non-hydrogen) atoms. The first-order valence-corrected chi connectivity index (χ1v) is 11.8. The molecule has 0 atom stereocenters. The summed E-state index contributed by atoms with van der Waals surface area (Å²) in [6.07, 6.45) is 6.95. The molecule has 2 aliphatic rings. The first-order valence-electron chi connectivity index (χ1n) is 11.8. The summed E-state index contributed by atoms with van der Waals surface area (Å²) in [5, 5.41) is 4.97. The average Bonchev–Trinajstić information content (AvgIpc) is 3.55. The van der Waals surface area contributed by atoms with Gasteiger partial charge in [0.25, 0.3) is 0 Å². The number of nitrogens with one attached hydrogen (secondary N) is 1. The van der Waals surface area contributed by atoms with E-state index >= 15 is 0 Å². The predicted octanol–water partition coefficient (Wildman–Crippen LogP) is 4.69. The van der Waals surface area contributed by atoms with Crippen LogP contribution in [0.5, 0.6) is 5.75 Å². The Hall–Kier alpha value is -3.12. The van der Waals surface area contributed by atoms with Crippen molar-refractivity contribution in [3.8, 4) is 11.6 Å². The van der Waals surface area contributed by atoms with Crippen LogP contribution in [0.4, 0.5) is 5.69 Å². The van der Waals surface area contributed by atoms with Gasteiger partial charge in [0.1, 0.15) is 17.9 Å². The summed E-state index contributed by atoms with van der Waals surface area (Å²) >= 11 is 0. The Kier molecular flexibility index (Phi) is 4.95. The number of fused-ring (bicyclic) bond motifs is 2. The Morgan fingerprint density at radius 3 is 2.66 bits per heavy atom. The molecule has 2 aromatic heterocycles. The van der Waals surface area contributed by atoms with Crippen molar-refractivity contribution in [3.05, 3.63) is 54.9 Å². The van der Waals surface area contributed by atoms with E-state index in [1.54, 1.807) is 0 Å². The third-order valence-electron chi connectivity index (χ3n) is 6.65. The Morgan fingerprint density at radius 1 is 1.00 bits per heavy atom. The highest BCUT2D eigenvalue weighted by Gasteiger charge is 2.27. The highest BCUT2D eigenvalue weighted by Crippen LogP contribution is 2.30. The summed E-state index contributed by atoms with van der Waals surface area (Å²) in [5.74, 6) is 1.74. The van der Waals surface area contributed by atoms with Gasteiger partial charge in [-0.1, -0.05) is 12.1 Å². The standard InChI is InChI=1S/C26H29N5O/c1-2-32-21-9-10-23-22(16-21)27-17-31(23)25-11-6-18-4-3-5-24(26(18)29-25)30-14-12-20(13-15-30)28-19-7-8-19/h3-6,9-11,16-17,19-20,28H,2,7-8,12-15H2,1H3. The van der Waals surface area contributed by atoms with Crippen LogP contribution in [-0.2, 0) is 0 Å². The Balaban J connectivity index is 1.32. The summed E-state index contributed by atoms with van der Waals surface area (Å²) in [4.78, 5) is 12.2. The van der Waals surface area contributed by atoms with Crippen LogP contribution in [0, 0.1) is 0 Å². The Labute approximate surface area is 188 Å². The lowest BCUT2D eigenvalue weighted by Gasteiger charge is -2.34. The van der Waals surface area contributed by atoms with Gasteiger partial charge in [-0.2, -0.15) is 0 Å². The van der Waals surface area contributed by atoms with Crippen LogP contribution in [0.15, 0.2) is 54.9 Å². The smallest absolute Gasteiger partial charge is 0.139 e. The third kappa shape index (κ3) is 3.69. The van der Waals surface area contributed by atoms with Gasteiger partial charge in [-0.25, -0.2) is 9.97 Å². The Bertz CT molecular complexity index is 1250. The molecule has 0 bridgehead atoms. The number of nitrogens with zero attached hydrogens (tertiary/aromatic N) is 4. The number of anilines is 1. The minimum absolute atomic E-state index is 0.648. The SMILES string of the molecule is CCOc1ccc2c(c1)ncn2-c1ccc2cccc(N3CCC(NC4CC4)CC3)c2n1. The molecule has 164 valence electrons. The molecule has 0 amide bonds. The zero-order chi connectivity index (χ0) is 21.5. The van der Waals surface area contributed by atoms with E-state index in [0.29, 0.717) is 12.6 Å². The number of para-hydroxylation sites is 1. The summed E-state index contributed by atoms with van der Waals surface area (Å²) in [6.45, 7) is 4.79. The van der Waals surface area contributed by atoms with Gasteiger partial charge in [0, 0.05) is 36.6 Å². The molecule has 2 aromatic carbocycles. The van der Waals surface area contributed by atoms with Crippen LogP contribution < -0.4 is 15.0 Å². The second kappa shape index (κ2) is 8.10. The maximum Gasteiger partial charge on any atom is 0.139 e. The largest absolute Gasteiger partial charge is 0.494 e. The van der Waals surface area contributed by atoms with E-state index in [1.165, 1.54) is 36.8 Å². The molecule has 1 aliphatic carbocycles. The fourth-order valence-corrected chi connectivity index (χ4v) is 4.81. The number of hydrogen-bond donors (Lipinski definition) is 1. The van der Waals surface area contributed by atoms with Crippen molar-refractivity contribution in [2.75, 3.05) is 24.6 Å².